The summed E-state index contributed by atoms with van der Waals surface area (Å²) in [4.78, 5) is 24.3. The highest BCUT2D eigenvalue weighted by Crippen LogP contribution is 2.36. The fourth-order valence-corrected chi connectivity index (χ4v) is 4.89. The van der Waals surface area contributed by atoms with E-state index < -0.39 is 5.60 Å². The van der Waals surface area contributed by atoms with Crippen molar-refractivity contribution in [1.82, 2.24) is 9.97 Å². The molecule has 2 aliphatic heterocycles. The molecule has 0 saturated carbocycles. The van der Waals surface area contributed by atoms with Crippen molar-refractivity contribution >= 4 is 29.0 Å². The molecule has 1 N–H and O–H groups in total. The Labute approximate surface area is 194 Å². The summed E-state index contributed by atoms with van der Waals surface area (Å²) in [6.07, 6.45) is 3.69. The summed E-state index contributed by atoms with van der Waals surface area (Å²) in [6, 6.07) is 8.02. The van der Waals surface area contributed by atoms with Gasteiger partial charge in [0.05, 0.1) is 12.1 Å². The Hall–Kier alpha value is -2.38. The van der Waals surface area contributed by atoms with Gasteiger partial charge in [-0.25, -0.2) is 9.97 Å². The summed E-state index contributed by atoms with van der Waals surface area (Å²) in [5.41, 5.74) is 0.419. The van der Waals surface area contributed by atoms with Crippen molar-refractivity contribution < 1.29 is 14.6 Å². The fraction of sp³-hybridized carbons (Fsp3) is 0.542. The van der Waals surface area contributed by atoms with E-state index in [2.05, 4.69) is 21.8 Å². The van der Waals surface area contributed by atoms with E-state index >= 15 is 0 Å². The standard InChI is InChI=1S/C24H31ClN4O3/c1-16(12-17(2)30)18-4-6-19(7-5-18)32-20-8-10-28(13-20)22-21(25)23(27-15-26-22)29-11-9-24(3,31)14-29/h4-7,15-16,20,31H,8-14H2,1-3H3/t16-,20-,24?/m1/s1. The van der Waals surface area contributed by atoms with Crippen LogP contribution in [-0.4, -0.2) is 58.7 Å². The van der Waals surface area contributed by atoms with E-state index in [1.165, 1.54) is 0 Å². The fourth-order valence-electron chi connectivity index (χ4n) is 4.55. The Kier molecular flexibility index (Phi) is 6.58. The molecule has 4 rings (SSSR count). The molecule has 1 aromatic heterocycles. The lowest BCUT2D eigenvalue weighted by Crippen LogP contribution is -2.31. The SMILES string of the molecule is CC(=O)C[C@@H](C)c1ccc(O[C@@H]2CCN(c3ncnc(N4CCC(C)(O)C4)c3Cl)C2)cc1. The van der Waals surface area contributed by atoms with Crippen molar-refractivity contribution in [3.8, 4) is 5.75 Å². The topological polar surface area (TPSA) is 78.8 Å². The molecule has 32 heavy (non-hydrogen) atoms. The minimum Gasteiger partial charge on any atom is -0.489 e. The minimum absolute atomic E-state index is 0.0393. The second-order valence-electron chi connectivity index (χ2n) is 9.35. The van der Waals surface area contributed by atoms with Crippen molar-refractivity contribution in [2.24, 2.45) is 0 Å². The number of nitrogens with zero attached hydrogens (tertiary/aromatic N) is 4. The number of rotatable bonds is 7. The molecule has 0 bridgehead atoms. The lowest BCUT2D eigenvalue weighted by molar-refractivity contribution is -0.117. The number of Topliss-reactive ketones (excluding diaryl/α,β-unsaturated/α-hetero) is 1. The van der Waals surface area contributed by atoms with Crippen molar-refractivity contribution in [2.45, 2.75) is 57.7 Å². The van der Waals surface area contributed by atoms with E-state index in [0.29, 0.717) is 42.6 Å². The van der Waals surface area contributed by atoms with E-state index in [-0.39, 0.29) is 17.8 Å². The number of benzene rings is 1. The normalized spacial score (nSPS) is 24.1. The van der Waals surface area contributed by atoms with Crippen molar-refractivity contribution in [2.75, 3.05) is 36.0 Å². The highest BCUT2D eigenvalue weighted by atomic mass is 35.5. The van der Waals surface area contributed by atoms with Gasteiger partial charge < -0.3 is 24.4 Å². The lowest BCUT2D eigenvalue weighted by atomic mass is 9.96. The first kappa shape index (κ1) is 22.8. The highest BCUT2D eigenvalue weighted by molar-refractivity contribution is 6.35. The summed E-state index contributed by atoms with van der Waals surface area (Å²) in [7, 11) is 0. The van der Waals surface area contributed by atoms with Crippen LogP contribution in [0.15, 0.2) is 30.6 Å². The van der Waals surface area contributed by atoms with Gasteiger partial charge in [-0.1, -0.05) is 30.7 Å². The van der Waals surface area contributed by atoms with Crippen LogP contribution in [0.25, 0.3) is 0 Å². The van der Waals surface area contributed by atoms with Crippen molar-refractivity contribution in [3.63, 3.8) is 0 Å². The van der Waals surface area contributed by atoms with Gasteiger partial charge in [-0.3, -0.25) is 0 Å². The number of hydrogen-bond donors (Lipinski definition) is 1. The van der Waals surface area contributed by atoms with Crippen LogP contribution >= 0.6 is 11.6 Å². The Bertz CT molecular complexity index is 966. The molecular formula is C24H31ClN4O3. The molecule has 2 aromatic rings. The summed E-state index contributed by atoms with van der Waals surface area (Å²) in [5.74, 6) is 2.61. The number of carbonyl (C=O) groups is 1. The number of ketones is 1. The zero-order valence-corrected chi connectivity index (χ0v) is 19.7. The molecule has 8 heteroatoms. The zero-order valence-electron chi connectivity index (χ0n) is 18.9. The molecular weight excluding hydrogens is 428 g/mol. The maximum Gasteiger partial charge on any atom is 0.153 e. The van der Waals surface area contributed by atoms with E-state index in [4.69, 9.17) is 16.3 Å². The predicted molar refractivity (Wildman–Crippen MR) is 126 cm³/mol. The number of halogens is 1. The third-order valence-electron chi connectivity index (χ3n) is 6.29. The molecule has 0 amide bonds. The Morgan fingerprint density at radius 3 is 2.56 bits per heavy atom. The summed E-state index contributed by atoms with van der Waals surface area (Å²) in [6.45, 7) is 8.24. The monoisotopic (exact) mass is 458 g/mol. The van der Waals surface area contributed by atoms with Gasteiger partial charge in [0.1, 0.15) is 29.0 Å². The Morgan fingerprint density at radius 2 is 1.94 bits per heavy atom. The quantitative estimate of drug-likeness (QED) is 0.675. The second-order valence-corrected chi connectivity index (χ2v) is 9.73. The number of anilines is 2. The van der Waals surface area contributed by atoms with Crippen LogP contribution in [0, 0.1) is 0 Å². The molecule has 3 heterocycles. The molecule has 2 fully saturated rings. The first-order valence-corrected chi connectivity index (χ1v) is 11.6. The maximum atomic E-state index is 11.4. The van der Waals surface area contributed by atoms with Crippen LogP contribution in [0.1, 0.15) is 51.5 Å². The molecule has 1 unspecified atom stereocenters. The van der Waals surface area contributed by atoms with Crippen LogP contribution in [0.3, 0.4) is 0 Å². The lowest BCUT2D eigenvalue weighted by Gasteiger charge is -2.24. The molecule has 0 spiro atoms. The maximum absolute atomic E-state index is 11.4. The number of β-amino-alcohol motifs (C(OH)–C–C–N with tert-alkyl or cyclic N) is 1. The average molecular weight is 459 g/mol. The molecule has 2 aliphatic rings. The Balaban J connectivity index is 1.39. The summed E-state index contributed by atoms with van der Waals surface area (Å²) < 4.78 is 6.20. The van der Waals surface area contributed by atoms with E-state index in [1.807, 2.05) is 36.1 Å². The van der Waals surface area contributed by atoms with Crippen LogP contribution < -0.4 is 14.5 Å². The molecule has 172 valence electrons. The third-order valence-corrected chi connectivity index (χ3v) is 6.63. The van der Waals surface area contributed by atoms with Crippen LogP contribution in [0.5, 0.6) is 5.75 Å². The highest BCUT2D eigenvalue weighted by Gasteiger charge is 2.34. The van der Waals surface area contributed by atoms with Gasteiger partial charge in [-0.15, -0.1) is 0 Å². The van der Waals surface area contributed by atoms with Crippen LogP contribution in [0.4, 0.5) is 11.6 Å². The first-order chi connectivity index (χ1) is 15.2. The molecule has 1 aromatic carbocycles. The van der Waals surface area contributed by atoms with Gasteiger partial charge >= 0.3 is 0 Å². The molecule has 7 nitrogen and oxygen atoms in total. The van der Waals surface area contributed by atoms with Gasteiger partial charge in [0.15, 0.2) is 11.6 Å². The van der Waals surface area contributed by atoms with Gasteiger partial charge in [0.2, 0.25) is 0 Å². The van der Waals surface area contributed by atoms with Gasteiger partial charge in [0, 0.05) is 32.5 Å². The number of aromatic nitrogens is 2. The van der Waals surface area contributed by atoms with Crippen molar-refractivity contribution in [3.05, 3.63) is 41.2 Å². The smallest absolute Gasteiger partial charge is 0.153 e. The van der Waals surface area contributed by atoms with Gasteiger partial charge in [-0.2, -0.15) is 0 Å². The first-order valence-electron chi connectivity index (χ1n) is 11.2. The van der Waals surface area contributed by atoms with E-state index in [9.17, 15) is 9.90 Å². The molecule has 3 atom stereocenters. The molecule has 0 radical (unpaired) electrons. The third kappa shape index (κ3) is 5.15. The van der Waals surface area contributed by atoms with Gasteiger partial charge in [0.25, 0.3) is 0 Å². The number of carbonyl (C=O) groups excluding carboxylic acids is 1. The van der Waals surface area contributed by atoms with E-state index in [1.54, 1.807) is 13.3 Å². The number of ether oxygens (including phenoxy) is 1. The number of hydrogen-bond acceptors (Lipinski definition) is 7. The van der Waals surface area contributed by atoms with Gasteiger partial charge in [-0.05, 0) is 43.9 Å². The molecule has 0 aliphatic carbocycles. The number of aliphatic hydroxyl groups is 1. The van der Waals surface area contributed by atoms with Crippen molar-refractivity contribution in [1.29, 1.82) is 0 Å². The van der Waals surface area contributed by atoms with Crippen LogP contribution in [0.2, 0.25) is 5.02 Å². The minimum atomic E-state index is -0.722. The van der Waals surface area contributed by atoms with Crippen LogP contribution in [-0.2, 0) is 4.79 Å². The molecule has 2 saturated heterocycles. The largest absolute Gasteiger partial charge is 0.489 e. The average Bonchev–Trinajstić information content (AvgIpc) is 3.34. The summed E-state index contributed by atoms with van der Waals surface area (Å²) in [5, 5.41) is 10.8. The second kappa shape index (κ2) is 9.24. The predicted octanol–water partition coefficient (Wildman–Crippen LogP) is 3.83. The van der Waals surface area contributed by atoms with E-state index in [0.717, 1.165) is 30.8 Å². The zero-order chi connectivity index (χ0) is 22.9. The Morgan fingerprint density at radius 1 is 1.25 bits per heavy atom. The summed E-state index contributed by atoms with van der Waals surface area (Å²) >= 11 is 6.70.